The molecular formula is C25H26F3N5O4. The molecule has 9 nitrogen and oxygen atoms in total. The van der Waals surface area contributed by atoms with Crippen LogP contribution in [0.4, 0.5) is 35.4 Å². The van der Waals surface area contributed by atoms with Crippen LogP contribution < -0.4 is 20.3 Å². The Kier molecular flexibility index (Phi) is 6.94. The molecule has 2 aromatic carbocycles. The summed E-state index contributed by atoms with van der Waals surface area (Å²) >= 11 is 0. The molecule has 3 aromatic rings. The number of nitrogens with zero attached hydrogens (tertiary/aromatic N) is 3. The fraction of sp³-hybridized carbons (Fsp3) is 0.360. The van der Waals surface area contributed by atoms with Crippen LogP contribution in [0.1, 0.15) is 11.1 Å². The Hall–Kier alpha value is -3.77. The standard InChI is InChI=1S/C25H26F3N5O4/c1-16-2-3-17(15-32-6-8-35-9-7-32)10-21(16)31-23-30-14-22(36-23)18-11-19(33-5-4-29-24(33)34)13-20(12-18)37-25(26,27)28/h2-3,10-14H,4-9,15H2,1H3,(H,29,34)(H,30,31). The van der Waals surface area contributed by atoms with Gasteiger partial charge in [-0.15, -0.1) is 13.2 Å². The Labute approximate surface area is 211 Å². The summed E-state index contributed by atoms with van der Waals surface area (Å²) in [6, 6.07) is 9.81. The van der Waals surface area contributed by atoms with Crippen molar-refractivity contribution in [3.05, 3.63) is 53.7 Å². The van der Waals surface area contributed by atoms with Crippen molar-refractivity contribution in [3.63, 3.8) is 0 Å². The topological polar surface area (TPSA) is 92.1 Å². The monoisotopic (exact) mass is 517 g/mol. The highest BCUT2D eigenvalue weighted by Crippen LogP contribution is 2.35. The molecule has 3 heterocycles. The second-order valence-electron chi connectivity index (χ2n) is 8.84. The molecule has 2 amide bonds. The number of alkyl halides is 3. The third-order valence-electron chi connectivity index (χ3n) is 6.14. The van der Waals surface area contributed by atoms with Crippen LogP contribution in [0.15, 0.2) is 47.0 Å². The highest BCUT2D eigenvalue weighted by Gasteiger charge is 2.32. The molecule has 0 saturated carbocycles. The molecule has 2 saturated heterocycles. The molecule has 12 heteroatoms. The van der Waals surface area contributed by atoms with Crippen LogP contribution in [-0.4, -0.2) is 61.7 Å². The number of halogens is 3. The number of carbonyl (C=O) groups is 1. The summed E-state index contributed by atoms with van der Waals surface area (Å²) in [7, 11) is 0. The van der Waals surface area contributed by atoms with E-state index in [0.717, 1.165) is 49.7 Å². The molecule has 1 aromatic heterocycles. The average molecular weight is 518 g/mol. The minimum Gasteiger partial charge on any atom is -0.423 e. The van der Waals surface area contributed by atoms with E-state index < -0.39 is 18.1 Å². The van der Waals surface area contributed by atoms with Crippen LogP contribution in [0.5, 0.6) is 5.75 Å². The Morgan fingerprint density at radius 2 is 1.95 bits per heavy atom. The van der Waals surface area contributed by atoms with E-state index in [4.69, 9.17) is 9.15 Å². The van der Waals surface area contributed by atoms with Crippen LogP contribution in [-0.2, 0) is 11.3 Å². The molecule has 2 aliphatic heterocycles. The molecule has 2 fully saturated rings. The number of nitrogens with one attached hydrogen (secondary N) is 2. The Morgan fingerprint density at radius 1 is 1.14 bits per heavy atom. The van der Waals surface area contributed by atoms with E-state index in [1.807, 2.05) is 19.1 Å². The van der Waals surface area contributed by atoms with Crippen LogP contribution in [0.3, 0.4) is 0 Å². The second kappa shape index (κ2) is 10.3. The van der Waals surface area contributed by atoms with Crippen LogP contribution >= 0.6 is 0 Å². The van der Waals surface area contributed by atoms with Gasteiger partial charge in [0.05, 0.1) is 19.4 Å². The van der Waals surface area contributed by atoms with Crippen LogP contribution in [0.2, 0.25) is 0 Å². The lowest BCUT2D eigenvalue weighted by atomic mass is 10.1. The lowest BCUT2D eigenvalue weighted by molar-refractivity contribution is -0.274. The van der Waals surface area contributed by atoms with Crippen molar-refractivity contribution in [1.82, 2.24) is 15.2 Å². The number of hydrogen-bond donors (Lipinski definition) is 2. The summed E-state index contributed by atoms with van der Waals surface area (Å²) in [5, 5.41) is 5.79. The lowest BCUT2D eigenvalue weighted by Gasteiger charge is -2.26. The second-order valence-corrected chi connectivity index (χ2v) is 8.84. The van der Waals surface area contributed by atoms with Crippen molar-refractivity contribution in [1.29, 1.82) is 0 Å². The first-order chi connectivity index (χ1) is 17.7. The number of morpholine rings is 1. The largest absolute Gasteiger partial charge is 0.573 e. The van der Waals surface area contributed by atoms with E-state index in [9.17, 15) is 18.0 Å². The summed E-state index contributed by atoms with van der Waals surface area (Å²) in [6.07, 6.45) is -3.48. The van der Waals surface area contributed by atoms with Gasteiger partial charge in [-0.25, -0.2) is 9.78 Å². The number of anilines is 3. The third-order valence-corrected chi connectivity index (χ3v) is 6.14. The molecule has 0 bridgehead atoms. The van der Waals surface area contributed by atoms with Crippen LogP contribution in [0, 0.1) is 6.92 Å². The van der Waals surface area contributed by atoms with Gasteiger partial charge in [0.1, 0.15) is 5.75 Å². The highest BCUT2D eigenvalue weighted by atomic mass is 19.4. The molecule has 2 aliphatic rings. The van der Waals surface area contributed by atoms with Gasteiger partial charge in [-0.05, 0) is 36.2 Å². The minimum absolute atomic E-state index is 0.184. The van der Waals surface area contributed by atoms with Crippen molar-refractivity contribution in [2.45, 2.75) is 19.8 Å². The lowest BCUT2D eigenvalue weighted by Crippen LogP contribution is -2.35. The first-order valence-corrected chi connectivity index (χ1v) is 11.8. The zero-order valence-corrected chi connectivity index (χ0v) is 20.1. The number of hydrogen-bond acceptors (Lipinski definition) is 7. The van der Waals surface area contributed by atoms with Gasteiger partial charge in [0.2, 0.25) is 0 Å². The first kappa shape index (κ1) is 24.9. The number of oxazole rings is 1. The van der Waals surface area contributed by atoms with Gasteiger partial charge in [-0.3, -0.25) is 9.80 Å². The molecule has 5 rings (SSSR count). The van der Waals surface area contributed by atoms with Gasteiger partial charge >= 0.3 is 12.4 Å². The average Bonchev–Trinajstić information content (AvgIpc) is 3.50. The molecule has 0 aliphatic carbocycles. The fourth-order valence-electron chi connectivity index (χ4n) is 4.29. The number of urea groups is 1. The molecule has 0 atom stereocenters. The Balaban J connectivity index is 1.38. The maximum atomic E-state index is 13.0. The molecule has 37 heavy (non-hydrogen) atoms. The minimum atomic E-state index is -4.89. The SMILES string of the molecule is Cc1ccc(CN2CCOCC2)cc1Nc1ncc(-c2cc(OC(F)(F)F)cc(N3CCNC3=O)c2)o1. The van der Waals surface area contributed by atoms with E-state index in [1.165, 1.54) is 23.2 Å². The molecule has 2 N–H and O–H groups in total. The normalized spacial score (nSPS) is 16.6. The Morgan fingerprint density at radius 3 is 2.68 bits per heavy atom. The maximum Gasteiger partial charge on any atom is 0.573 e. The van der Waals surface area contributed by atoms with E-state index in [-0.39, 0.29) is 23.0 Å². The number of benzene rings is 2. The summed E-state index contributed by atoms with van der Waals surface area (Å²) in [5.41, 5.74) is 3.45. The number of aryl methyl sites for hydroxylation is 1. The molecule has 0 unspecified atom stereocenters. The van der Waals surface area contributed by atoms with Crippen molar-refractivity contribution in [2.24, 2.45) is 0 Å². The summed E-state index contributed by atoms with van der Waals surface area (Å²) in [5.74, 6) is -0.240. The highest BCUT2D eigenvalue weighted by molar-refractivity contribution is 5.95. The van der Waals surface area contributed by atoms with E-state index in [0.29, 0.717) is 13.1 Å². The first-order valence-electron chi connectivity index (χ1n) is 11.8. The third kappa shape index (κ3) is 6.15. The smallest absolute Gasteiger partial charge is 0.423 e. The number of amides is 2. The van der Waals surface area contributed by atoms with E-state index in [1.54, 1.807) is 6.07 Å². The number of rotatable bonds is 7. The molecule has 0 radical (unpaired) electrons. The summed E-state index contributed by atoms with van der Waals surface area (Å²) < 4.78 is 54.3. The number of aromatic nitrogens is 1. The van der Waals surface area contributed by atoms with Gasteiger partial charge in [0.25, 0.3) is 6.01 Å². The summed E-state index contributed by atoms with van der Waals surface area (Å²) in [4.78, 5) is 20.0. The number of ether oxygens (including phenoxy) is 2. The van der Waals surface area contributed by atoms with Gasteiger partial charge in [-0.2, -0.15) is 0 Å². The van der Waals surface area contributed by atoms with Gasteiger partial charge in [0, 0.05) is 55.7 Å². The molecule has 196 valence electrons. The zero-order chi connectivity index (χ0) is 26.0. The van der Waals surface area contributed by atoms with Crippen LogP contribution in [0.25, 0.3) is 11.3 Å². The van der Waals surface area contributed by atoms with Crippen molar-refractivity contribution in [2.75, 3.05) is 49.6 Å². The predicted molar refractivity (Wildman–Crippen MR) is 130 cm³/mol. The van der Waals surface area contributed by atoms with E-state index >= 15 is 0 Å². The summed E-state index contributed by atoms with van der Waals surface area (Å²) in [6.45, 7) is 6.63. The number of carbonyl (C=O) groups excluding carboxylic acids is 1. The predicted octanol–water partition coefficient (Wildman–Crippen LogP) is 4.65. The molecule has 0 spiro atoms. The zero-order valence-electron chi connectivity index (χ0n) is 20.1. The maximum absolute atomic E-state index is 13.0. The van der Waals surface area contributed by atoms with Gasteiger partial charge in [-0.1, -0.05) is 12.1 Å². The molecular weight excluding hydrogens is 491 g/mol. The fourth-order valence-corrected chi connectivity index (χ4v) is 4.29. The Bertz CT molecular complexity index is 1270. The quantitative estimate of drug-likeness (QED) is 0.471. The van der Waals surface area contributed by atoms with Crippen molar-refractivity contribution >= 4 is 23.4 Å². The van der Waals surface area contributed by atoms with E-state index in [2.05, 4.69) is 31.3 Å². The van der Waals surface area contributed by atoms with Crippen molar-refractivity contribution < 1.29 is 31.9 Å². The van der Waals surface area contributed by atoms with Crippen molar-refractivity contribution in [3.8, 4) is 17.1 Å². The van der Waals surface area contributed by atoms with Gasteiger partial charge < -0.3 is 24.5 Å². The van der Waals surface area contributed by atoms with Gasteiger partial charge in [0.15, 0.2) is 5.76 Å².